The third-order valence-electron chi connectivity index (χ3n) is 2.26. The highest BCUT2D eigenvalue weighted by Crippen LogP contribution is 2.25. The summed E-state index contributed by atoms with van der Waals surface area (Å²) in [6.07, 6.45) is 1.67. The maximum atomic E-state index is 11.9. The van der Waals surface area contributed by atoms with Gasteiger partial charge in [0.05, 0.1) is 16.4 Å². The molecule has 0 fully saturated rings. The Labute approximate surface area is 127 Å². The van der Waals surface area contributed by atoms with Crippen molar-refractivity contribution in [2.45, 2.75) is 24.7 Å². The van der Waals surface area contributed by atoms with E-state index in [1.165, 1.54) is 11.3 Å². The summed E-state index contributed by atoms with van der Waals surface area (Å²) in [6, 6.07) is 0. The zero-order chi connectivity index (χ0) is 13.8. The summed E-state index contributed by atoms with van der Waals surface area (Å²) in [5, 5.41) is 15.2. The van der Waals surface area contributed by atoms with Gasteiger partial charge in [0.1, 0.15) is 6.54 Å². The van der Waals surface area contributed by atoms with Gasteiger partial charge in [-0.2, -0.15) is 5.10 Å². The molecular weight excluding hydrogens is 350 g/mol. The van der Waals surface area contributed by atoms with E-state index in [1.54, 1.807) is 22.6 Å². The molecule has 6 nitrogen and oxygen atoms in total. The van der Waals surface area contributed by atoms with E-state index in [0.29, 0.717) is 5.13 Å². The Bertz CT molecular complexity index is 582. The van der Waals surface area contributed by atoms with Crippen LogP contribution in [-0.4, -0.2) is 31.6 Å². The fourth-order valence-corrected chi connectivity index (χ4v) is 3.28. The molecule has 0 aromatic carbocycles. The van der Waals surface area contributed by atoms with Gasteiger partial charge in [-0.15, -0.1) is 10.2 Å². The number of carbonyl (C=O) groups is 1. The Balaban J connectivity index is 1.95. The van der Waals surface area contributed by atoms with Gasteiger partial charge >= 0.3 is 0 Å². The van der Waals surface area contributed by atoms with Crippen LogP contribution in [0.1, 0.15) is 12.6 Å². The zero-order valence-corrected chi connectivity index (χ0v) is 13.6. The van der Waals surface area contributed by atoms with E-state index in [0.717, 1.165) is 20.3 Å². The van der Waals surface area contributed by atoms with Gasteiger partial charge in [-0.3, -0.25) is 14.8 Å². The molecule has 0 saturated carbocycles. The van der Waals surface area contributed by atoms with Crippen molar-refractivity contribution in [1.29, 1.82) is 0 Å². The van der Waals surface area contributed by atoms with Gasteiger partial charge in [0.25, 0.3) is 0 Å². The van der Waals surface area contributed by atoms with Crippen molar-refractivity contribution < 1.29 is 4.79 Å². The lowest BCUT2D eigenvalue weighted by atomic mass is 10.5. The van der Waals surface area contributed by atoms with Crippen LogP contribution in [0.25, 0.3) is 0 Å². The van der Waals surface area contributed by atoms with Crippen molar-refractivity contribution in [2.75, 3.05) is 11.1 Å². The normalized spacial score (nSPS) is 10.7. The van der Waals surface area contributed by atoms with Crippen LogP contribution >= 0.6 is 39.0 Å². The van der Waals surface area contributed by atoms with Gasteiger partial charge in [0.15, 0.2) is 4.34 Å². The van der Waals surface area contributed by atoms with Gasteiger partial charge in [-0.25, -0.2) is 0 Å². The number of nitrogens with zero attached hydrogens (tertiary/aromatic N) is 4. The second kappa shape index (κ2) is 6.49. The second-order valence-electron chi connectivity index (χ2n) is 3.59. The average molecular weight is 362 g/mol. The molecule has 2 rings (SSSR count). The van der Waals surface area contributed by atoms with E-state index in [-0.39, 0.29) is 12.5 Å². The third-order valence-corrected chi connectivity index (χ3v) is 4.89. The fraction of sp³-hybridized carbons (Fsp3) is 0.400. The number of anilines is 1. The first-order valence-corrected chi connectivity index (χ1v) is 8.13. The predicted octanol–water partition coefficient (Wildman–Crippen LogP) is 2.56. The van der Waals surface area contributed by atoms with E-state index in [2.05, 4.69) is 36.5 Å². The fourth-order valence-electron chi connectivity index (χ4n) is 1.32. The van der Waals surface area contributed by atoms with Crippen LogP contribution < -0.4 is 5.32 Å². The Hall–Kier alpha value is -0.930. The van der Waals surface area contributed by atoms with Crippen LogP contribution in [0.5, 0.6) is 0 Å². The molecule has 2 aromatic heterocycles. The highest BCUT2D eigenvalue weighted by molar-refractivity contribution is 9.10. The highest BCUT2D eigenvalue weighted by atomic mass is 79.9. The van der Waals surface area contributed by atoms with E-state index in [1.807, 2.05) is 13.8 Å². The van der Waals surface area contributed by atoms with E-state index >= 15 is 0 Å². The molecule has 0 aliphatic heterocycles. The Kier molecular flexibility index (Phi) is 4.94. The predicted molar refractivity (Wildman–Crippen MR) is 79.6 cm³/mol. The maximum absolute atomic E-state index is 11.9. The van der Waals surface area contributed by atoms with Crippen LogP contribution in [0.2, 0.25) is 0 Å². The SMILES string of the molecule is CCSc1nnc(NC(=O)Cn2ncc(Br)c2C)s1. The molecule has 2 heterocycles. The number of halogens is 1. The first-order chi connectivity index (χ1) is 9.10. The molecule has 0 radical (unpaired) electrons. The number of hydrogen-bond donors (Lipinski definition) is 1. The van der Waals surface area contributed by atoms with E-state index in [9.17, 15) is 4.79 Å². The van der Waals surface area contributed by atoms with Crippen LogP contribution in [-0.2, 0) is 11.3 Å². The standard InChI is InChI=1S/C10H12BrN5OS2/c1-3-18-10-15-14-9(19-10)13-8(17)5-16-6(2)7(11)4-12-16/h4H,3,5H2,1-2H3,(H,13,14,17). The summed E-state index contributed by atoms with van der Waals surface area (Å²) in [4.78, 5) is 11.9. The molecule has 102 valence electrons. The van der Waals surface area contributed by atoms with Gasteiger partial charge in [-0.1, -0.05) is 30.0 Å². The molecule has 0 saturated heterocycles. The summed E-state index contributed by atoms with van der Waals surface area (Å²) in [7, 11) is 0. The van der Waals surface area contributed by atoms with Crippen molar-refractivity contribution in [3.63, 3.8) is 0 Å². The minimum atomic E-state index is -0.164. The Morgan fingerprint density at radius 3 is 3.00 bits per heavy atom. The number of hydrogen-bond acceptors (Lipinski definition) is 6. The minimum absolute atomic E-state index is 0.160. The largest absolute Gasteiger partial charge is 0.299 e. The molecule has 0 spiro atoms. The maximum Gasteiger partial charge on any atom is 0.247 e. The molecule has 0 aliphatic carbocycles. The van der Waals surface area contributed by atoms with Gasteiger partial charge in [0.2, 0.25) is 11.0 Å². The summed E-state index contributed by atoms with van der Waals surface area (Å²) >= 11 is 6.33. The molecule has 1 amide bonds. The number of amides is 1. The van der Waals surface area contributed by atoms with Crippen molar-refractivity contribution in [1.82, 2.24) is 20.0 Å². The quantitative estimate of drug-likeness (QED) is 0.654. The number of nitrogens with one attached hydrogen (secondary N) is 1. The molecule has 0 bridgehead atoms. The molecule has 0 aliphatic rings. The topological polar surface area (TPSA) is 72.7 Å². The molecule has 1 N–H and O–H groups in total. The van der Waals surface area contributed by atoms with Crippen molar-refractivity contribution in [3.05, 3.63) is 16.4 Å². The first-order valence-electron chi connectivity index (χ1n) is 5.54. The number of thioether (sulfide) groups is 1. The summed E-state index contributed by atoms with van der Waals surface area (Å²) in [6.45, 7) is 4.10. The van der Waals surface area contributed by atoms with Gasteiger partial charge in [0, 0.05) is 0 Å². The van der Waals surface area contributed by atoms with Crippen LogP contribution in [0.4, 0.5) is 5.13 Å². The summed E-state index contributed by atoms with van der Waals surface area (Å²) < 4.78 is 3.37. The van der Waals surface area contributed by atoms with Crippen molar-refractivity contribution in [2.24, 2.45) is 0 Å². The second-order valence-corrected chi connectivity index (χ2v) is 6.93. The van der Waals surface area contributed by atoms with Gasteiger partial charge in [-0.05, 0) is 28.6 Å². The lowest BCUT2D eigenvalue weighted by molar-refractivity contribution is -0.116. The van der Waals surface area contributed by atoms with Gasteiger partial charge < -0.3 is 0 Å². The smallest absolute Gasteiger partial charge is 0.247 e. The van der Waals surface area contributed by atoms with E-state index < -0.39 is 0 Å². The van der Waals surface area contributed by atoms with Crippen molar-refractivity contribution >= 4 is 50.1 Å². The third kappa shape index (κ3) is 3.77. The minimum Gasteiger partial charge on any atom is -0.299 e. The summed E-state index contributed by atoms with van der Waals surface area (Å²) in [5.41, 5.74) is 0.912. The van der Waals surface area contributed by atoms with Crippen LogP contribution in [0.3, 0.4) is 0 Å². The molecule has 2 aromatic rings. The zero-order valence-electron chi connectivity index (χ0n) is 10.4. The van der Waals surface area contributed by atoms with E-state index in [4.69, 9.17) is 0 Å². The van der Waals surface area contributed by atoms with Crippen LogP contribution in [0, 0.1) is 6.92 Å². The molecule has 0 atom stereocenters. The first kappa shape index (κ1) is 14.5. The number of carbonyl (C=O) groups excluding carboxylic acids is 1. The molecular formula is C10H12BrN5OS2. The molecule has 9 heteroatoms. The average Bonchev–Trinajstić information content (AvgIpc) is 2.92. The Morgan fingerprint density at radius 1 is 1.58 bits per heavy atom. The highest BCUT2D eigenvalue weighted by Gasteiger charge is 2.11. The number of rotatable bonds is 5. The molecule has 0 unspecified atom stereocenters. The monoisotopic (exact) mass is 361 g/mol. The van der Waals surface area contributed by atoms with Crippen LogP contribution in [0.15, 0.2) is 15.0 Å². The lowest BCUT2D eigenvalue weighted by Gasteiger charge is -2.03. The summed E-state index contributed by atoms with van der Waals surface area (Å²) in [5.74, 6) is 0.770. The number of aromatic nitrogens is 4. The lowest BCUT2D eigenvalue weighted by Crippen LogP contribution is -2.20. The Morgan fingerprint density at radius 2 is 2.37 bits per heavy atom. The molecule has 19 heavy (non-hydrogen) atoms. The van der Waals surface area contributed by atoms with Crippen molar-refractivity contribution in [3.8, 4) is 0 Å².